The smallest absolute Gasteiger partial charge is 0.307 e. The fourth-order valence-electron chi connectivity index (χ4n) is 1.48. The van der Waals surface area contributed by atoms with Gasteiger partial charge in [0.2, 0.25) is 0 Å². The first-order valence-corrected chi connectivity index (χ1v) is 6.47. The molecule has 0 saturated carbocycles. The zero-order chi connectivity index (χ0) is 12.3. The van der Waals surface area contributed by atoms with E-state index < -0.39 is 18.6 Å². The van der Waals surface area contributed by atoms with Gasteiger partial charge in [-0.15, -0.1) is 11.3 Å². The molecule has 1 heterocycles. The molecule has 0 bridgehead atoms. The van der Waals surface area contributed by atoms with Crippen LogP contribution in [0.5, 0.6) is 0 Å². The standard InChI is InChI=1S/C10H13BrF3NS/c1-6(5-10(12,13)14)15-7(2)8-3-4-9(11)16-8/h3-4,6-7,15H,5H2,1-2H3. The van der Waals surface area contributed by atoms with Gasteiger partial charge in [-0.25, -0.2) is 0 Å². The Bertz CT molecular complexity index is 337. The maximum absolute atomic E-state index is 12.1. The highest BCUT2D eigenvalue weighted by molar-refractivity contribution is 9.11. The summed E-state index contributed by atoms with van der Waals surface area (Å²) < 4.78 is 37.3. The third kappa shape index (κ3) is 4.84. The van der Waals surface area contributed by atoms with Gasteiger partial charge < -0.3 is 5.32 Å². The second-order valence-electron chi connectivity index (χ2n) is 3.75. The monoisotopic (exact) mass is 315 g/mol. The van der Waals surface area contributed by atoms with Gasteiger partial charge >= 0.3 is 6.18 Å². The van der Waals surface area contributed by atoms with Gasteiger partial charge in [-0.3, -0.25) is 0 Å². The minimum absolute atomic E-state index is 0.0614. The van der Waals surface area contributed by atoms with Gasteiger partial charge in [0.15, 0.2) is 0 Å². The van der Waals surface area contributed by atoms with Crippen LogP contribution in [0.3, 0.4) is 0 Å². The van der Waals surface area contributed by atoms with E-state index in [-0.39, 0.29) is 6.04 Å². The number of nitrogens with one attached hydrogen (secondary N) is 1. The molecular formula is C10H13BrF3NS. The Kier molecular flexibility index (Phi) is 4.82. The molecule has 1 aromatic rings. The minimum Gasteiger partial charge on any atom is -0.307 e. The number of alkyl halides is 3. The molecular weight excluding hydrogens is 303 g/mol. The van der Waals surface area contributed by atoms with Crippen molar-refractivity contribution in [3.8, 4) is 0 Å². The summed E-state index contributed by atoms with van der Waals surface area (Å²) in [6, 6.07) is 3.17. The first-order valence-electron chi connectivity index (χ1n) is 4.86. The fraction of sp³-hybridized carbons (Fsp3) is 0.600. The summed E-state index contributed by atoms with van der Waals surface area (Å²) in [5.41, 5.74) is 0. The van der Waals surface area contributed by atoms with Crippen molar-refractivity contribution in [3.63, 3.8) is 0 Å². The van der Waals surface area contributed by atoms with E-state index in [1.54, 1.807) is 6.92 Å². The zero-order valence-electron chi connectivity index (χ0n) is 8.94. The van der Waals surface area contributed by atoms with Crippen molar-refractivity contribution in [2.24, 2.45) is 0 Å². The Labute approximate surface area is 105 Å². The van der Waals surface area contributed by atoms with Crippen molar-refractivity contribution in [2.75, 3.05) is 0 Å². The van der Waals surface area contributed by atoms with Crippen LogP contribution < -0.4 is 5.32 Å². The lowest BCUT2D eigenvalue weighted by Crippen LogP contribution is -2.32. The Hall–Kier alpha value is -0.0700. The second-order valence-corrected chi connectivity index (χ2v) is 6.25. The molecule has 0 radical (unpaired) electrons. The molecule has 0 saturated heterocycles. The van der Waals surface area contributed by atoms with Gasteiger partial charge in [0.25, 0.3) is 0 Å². The van der Waals surface area contributed by atoms with Gasteiger partial charge in [-0.1, -0.05) is 0 Å². The summed E-state index contributed by atoms with van der Waals surface area (Å²) in [5, 5.41) is 2.94. The summed E-state index contributed by atoms with van der Waals surface area (Å²) in [6.45, 7) is 3.41. The van der Waals surface area contributed by atoms with Crippen LogP contribution in [0.1, 0.15) is 31.2 Å². The SMILES string of the molecule is CC(CC(F)(F)F)NC(C)c1ccc(Br)s1. The molecule has 92 valence electrons. The molecule has 0 fully saturated rings. The molecule has 0 spiro atoms. The van der Waals surface area contributed by atoms with E-state index >= 15 is 0 Å². The van der Waals surface area contributed by atoms with Crippen LogP contribution in [-0.2, 0) is 0 Å². The van der Waals surface area contributed by atoms with Gasteiger partial charge in [-0.2, -0.15) is 13.2 Å². The number of hydrogen-bond acceptors (Lipinski definition) is 2. The molecule has 0 aliphatic heterocycles. The first-order chi connectivity index (χ1) is 7.28. The predicted octanol–water partition coefficient (Wildman–Crippen LogP) is 4.50. The molecule has 0 aromatic carbocycles. The van der Waals surface area contributed by atoms with Crippen molar-refractivity contribution >= 4 is 27.3 Å². The molecule has 1 N–H and O–H groups in total. The Balaban J connectivity index is 2.48. The molecule has 6 heteroatoms. The van der Waals surface area contributed by atoms with Crippen LogP contribution in [-0.4, -0.2) is 12.2 Å². The number of hydrogen-bond donors (Lipinski definition) is 1. The molecule has 1 rings (SSSR count). The highest BCUT2D eigenvalue weighted by atomic mass is 79.9. The summed E-state index contributed by atoms with van der Waals surface area (Å²) in [4.78, 5) is 1.03. The Morgan fingerprint density at radius 2 is 2.00 bits per heavy atom. The number of thiophene rings is 1. The summed E-state index contributed by atoms with van der Waals surface area (Å²) in [6.07, 6.45) is -4.91. The lowest BCUT2D eigenvalue weighted by Gasteiger charge is -2.20. The van der Waals surface area contributed by atoms with Gasteiger partial charge in [0, 0.05) is 17.0 Å². The fourth-order valence-corrected chi connectivity index (χ4v) is 2.91. The third-order valence-corrected chi connectivity index (χ3v) is 3.90. The summed E-state index contributed by atoms with van der Waals surface area (Å²) in [5.74, 6) is 0. The topological polar surface area (TPSA) is 12.0 Å². The second kappa shape index (κ2) is 5.51. The van der Waals surface area contributed by atoms with E-state index in [0.717, 1.165) is 8.66 Å². The van der Waals surface area contributed by atoms with Gasteiger partial charge in [-0.05, 0) is 41.9 Å². The van der Waals surface area contributed by atoms with Crippen LogP contribution in [0.4, 0.5) is 13.2 Å². The quantitative estimate of drug-likeness (QED) is 0.862. The van der Waals surface area contributed by atoms with Crippen LogP contribution in [0.2, 0.25) is 0 Å². The largest absolute Gasteiger partial charge is 0.390 e. The molecule has 0 aliphatic rings. The summed E-state index contributed by atoms with van der Waals surface area (Å²) >= 11 is 4.85. The van der Waals surface area contributed by atoms with E-state index in [4.69, 9.17) is 0 Å². The van der Waals surface area contributed by atoms with E-state index in [0.29, 0.717) is 0 Å². The highest BCUT2D eigenvalue weighted by Gasteiger charge is 2.30. The lowest BCUT2D eigenvalue weighted by atomic mass is 10.2. The van der Waals surface area contributed by atoms with Crippen LogP contribution in [0.15, 0.2) is 15.9 Å². The zero-order valence-corrected chi connectivity index (χ0v) is 11.3. The molecule has 0 amide bonds. The van der Waals surface area contributed by atoms with Crippen LogP contribution >= 0.6 is 27.3 Å². The van der Waals surface area contributed by atoms with Crippen molar-refractivity contribution in [2.45, 2.75) is 38.5 Å². The molecule has 2 atom stereocenters. The van der Waals surface area contributed by atoms with Gasteiger partial charge in [0.1, 0.15) is 0 Å². The van der Waals surface area contributed by atoms with Crippen LogP contribution in [0, 0.1) is 0 Å². The van der Waals surface area contributed by atoms with Gasteiger partial charge in [0.05, 0.1) is 10.2 Å². The van der Waals surface area contributed by atoms with Crippen molar-refractivity contribution in [3.05, 3.63) is 20.8 Å². The molecule has 1 aromatic heterocycles. The lowest BCUT2D eigenvalue weighted by molar-refractivity contribution is -0.139. The maximum Gasteiger partial charge on any atom is 0.390 e. The Morgan fingerprint density at radius 3 is 2.44 bits per heavy atom. The van der Waals surface area contributed by atoms with E-state index in [2.05, 4.69) is 21.2 Å². The minimum atomic E-state index is -4.11. The average Bonchev–Trinajstić information content (AvgIpc) is 2.47. The molecule has 2 unspecified atom stereocenters. The average molecular weight is 316 g/mol. The first kappa shape index (κ1) is 14.0. The highest BCUT2D eigenvalue weighted by Crippen LogP contribution is 2.28. The molecule has 0 aliphatic carbocycles. The van der Waals surface area contributed by atoms with Crippen LogP contribution in [0.25, 0.3) is 0 Å². The third-order valence-electron chi connectivity index (χ3n) is 2.09. The normalized spacial score (nSPS) is 16.1. The Morgan fingerprint density at radius 1 is 1.38 bits per heavy atom. The number of rotatable bonds is 4. The molecule has 1 nitrogen and oxygen atoms in total. The van der Waals surface area contributed by atoms with E-state index in [1.807, 2.05) is 19.1 Å². The maximum atomic E-state index is 12.1. The number of halogens is 4. The van der Waals surface area contributed by atoms with Crippen molar-refractivity contribution in [1.82, 2.24) is 5.32 Å². The predicted molar refractivity (Wildman–Crippen MR) is 63.7 cm³/mol. The molecule has 16 heavy (non-hydrogen) atoms. The van der Waals surface area contributed by atoms with Crippen molar-refractivity contribution < 1.29 is 13.2 Å². The van der Waals surface area contributed by atoms with E-state index in [9.17, 15) is 13.2 Å². The summed E-state index contributed by atoms with van der Waals surface area (Å²) in [7, 11) is 0. The van der Waals surface area contributed by atoms with E-state index in [1.165, 1.54) is 11.3 Å². The van der Waals surface area contributed by atoms with Crippen molar-refractivity contribution in [1.29, 1.82) is 0 Å².